The summed E-state index contributed by atoms with van der Waals surface area (Å²) in [4.78, 5) is 31.4. The van der Waals surface area contributed by atoms with Crippen molar-refractivity contribution >= 4 is 27.6 Å². The number of pyridine rings is 2. The summed E-state index contributed by atoms with van der Waals surface area (Å²) in [6.07, 6.45) is 2.59. The Kier molecular flexibility index (Phi) is 6.55. The van der Waals surface area contributed by atoms with Crippen molar-refractivity contribution in [2.24, 2.45) is 5.73 Å². The lowest BCUT2D eigenvalue weighted by atomic mass is 10.2. The predicted octanol–water partition coefficient (Wildman–Crippen LogP) is 1.11. The molecule has 2 heterocycles. The number of ether oxygens (including phenoxy) is 1. The second-order valence-corrected chi connectivity index (χ2v) is 9.12. The summed E-state index contributed by atoms with van der Waals surface area (Å²) >= 11 is 0. The lowest BCUT2D eigenvalue weighted by Crippen LogP contribution is -2.42. The maximum atomic E-state index is 12.6. The number of aliphatic carboxylic acids is 1. The van der Waals surface area contributed by atoms with Gasteiger partial charge in [0.05, 0.1) is 10.6 Å². The molecule has 0 aliphatic carbocycles. The summed E-state index contributed by atoms with van der Waals surface area (Å²) in [5.41, 5.74) is 4.97. The normalized spacial score (nSPS) is 13.9. The zero-order chi connectivity index (χ0) is 21.8. The second-order valence-electron chi connectivity index (χ2n) is 7.05. The van der Waals surface area contributed by atoms with Crippen molar-refractivity contribution in [3.8, 4) is 0 Å². The molecule has 0 aliphatic rings. The summed E-state index contributed by atoms with van der Waals surface area (Å²) in [7, 11) is -3.98. The van der Waals surface area contributed by atoms with Crippen molar-refractivity contribution in [2.45, 2.75) is 42.7 Å². The Balaban J connectivity index is 2.28. The van der Waals surface area contributed by atoms with Gasteiger partial charge in [0.1, 0.15) is 11.4 Å². The number of anilines is 1. The number of nitrogens with two attached hydrogens (primary N) is 1. The highest BCUT2D eigenvalue weighted by Crippen LogP contribution is 2.24. The first-order valence-electron chi connectivity index (χ1n) is 8.50. The summed E-state index contributed by atoms with van der Waals surface area (Å²) in [6.45, 7) is 4.81. The quantitative estimate of drug-likeness (QED) is 0.435. The van der Waals surface area contributed by atoms with Crippen LogP contribution in [-0.4, -0.2) is 47.1 Å². The Hall–Kier alpha value is -3.05. The van der Waals surface area contributed by atoms with Gasteiger partial charge in [0.15, 0.2) is 5.37 Å². The van der Waals surface area contributed by atoms with Crippen LogP contribution in [0.3, 0.4) is 0 Å². The molecule has 4 N–H and O–H groups in total. The Morgan fingerprint density at radius 3 is 2.45 bits per heavy atom. The monoisotopic (exact) mass is 422 g/mol. The van der Waals surface area contributed by atoms with Crippen LogP contribution in [0.15, 0.2) is 47.6 Å². The molecular formula is C18H22N4O6S. The van der Waals surface area contributed by atoms with E-state index in [2.05, 4.69) is 15.3 Å². The van der Waals surface area contributed by atoms with E-state index in [0.29, 0.717) is 0 Å². The van der Waals surface area contributed by atoms with Crippen LogP contribution >= 0.6 is 0 Å². The molecule has 2 rings (SSSR count). The fourth-order valence-electron chi connectivity index (χ4n) is 2.24. The molecule has 11 heteroatoms. The molecule has 0 aromatic carbocycles. The van der Waals surface area contributed by atoms with Gasteiger partial charge >= 0.3 is 11.9 Å². The number of carbonyl (C=O) groups excluding carboxylic acids is 1. The predicted molar refractivity (Wildman–Crippen MR) is 103 cm³/mol. The van der Waals surface area contributed by atoms with Crippen LogP contribution < -0.4 is 11.1 Å². The van der Waals surface area contributed by atoms with E-state index < -0.39 is 38.8 Å². The average Bonchev–Trinajstić information content (AvgIpc) is 2.64. The van der Waals surface area contributed by atoms with E-state index in [0.717, 1.165) is 0 Å². The van der Waals surface area contributed by atoms with Crippen molar-refractivity contribution < 1.29 is 27.9 Å². The smallest absolute Gasteiger partial charge is 0.340 e. The molecule has 0 fully saturated rings. The lowest BCUT2D eigenvalue weighted by molar-refractivity contribution is -0.160. The van der Waals surface area contributed by atoms with E-state index in [9.17, 15) is 23.1 Å². The highest BCUT2D eigenvalue weighted by molar-refractivity contribution is 7.91. The van der Waals surface area contributed by atoms with Crippen LogP contribution in [0, 0.1) is 0 Å². The number of hydrogen-bond acceptors (Lipinski definition) is 9. The van der Waals surface area contributed by atoms with Crippen LogP contribution in [0.2, 0.25) is 0 Å². The summed E-state index contributed by atoms with van der Waals surface area (Å²) in [5, 5.41) is 10.3. The van der Waals surface area contributed by atoms with Crippen molar-refractivity contribution in [2.75, 3.05) is 5.32 Å². The minimum Gasteiger partial charge on any atom is -0.479 e. The minimum atomic E-state index is -3.98. The van der Waals surface area contributed by atoms with Gasteiger partial charge in [-0.25, -0.2) is 23.0 Å². The maximum Gasteiger partial charge on any atom is 0.340 e. The number of nitrogens with one attached hydrogen (secondary N) is 1. The molecular weight excluding hydrogens is 400 g/mol. The molecule has 2 unspecified atom stereocenters. The highest BCUT2D eigenvalue weighted by atomic mass is 32.2. The first kappa shape index (κ1) is 22.2. The maximum absolute atomic E-state index is 12.6. The van der Waals surface area contributed by atoms with Crippen LogP contribution in [0.25, 0.3) is 0 Å². The highest BCUT2D eigenvalue weighted by Gasteiger charge is 2.32. The van der Waals surface area contributed by atoms with Crippen molar-refractivity contribution in [3.05, 3.63) is 48.4 Å². The number of rotatable bonds is 7. The Labute approximate surface area is 168 Å². The van der Waals surface area contributed by atoms with Gasteiger partial charge in [-0.15, -0.1) is 0 Å². The van der Waals surface area contributed by atoms with E-state index in [4.69, 9.17) is 10.5 Å². The zero-order valence-corrected chi connectivity index (χ0v) is 16.9. The summed E-state index contributed by atoms with van der Waals surface area (Å²) in [6, 6.07) is 5.29. The van der Waals surface area contributed by atoms with Gasteiger partial charge in [-0.2, -0.15) is 0 Å². The van der Waals surface area contributed by atoms with E-state index in [1.165, 1.54) is 42.7 Å². The first-order chi connectivity index (χ1) is 13.4. The molecule has 0 saturated carbocycles. The molecule has 0 saturated heterocycles. The average molecular weight is 422 g/mol. The third-order valence-corrected chi connectivity index (χ3v) is 5.35. The van der Waals surface area contributed by atoms with Crippen LogP contribution in [0.1, 0.15) is 31.8 Å². The molecule has 29 heavy (non-hydrogen) atoms. The van der Waals surface area contributed by atoms with Crippen molar-refractivity contribution in [1.29, 1.82) is 0 Å². The van der Waals surface area contributed by atoms with Gasteiger partial charge in [-0.1, -0.05) is 6.07 Å². The van der Waals surface area contributed by atoms with Gasteiger partial charge in [-0.3, -0.25) is 4.98 Å². The molecule has 2 atom stereocenters. The SMILES string of the molecule is CC(C)(C)OC(=O)C(Nc1cccc(C(N)S(=O)(=O)c2cccnc2)n1)C(=O)O. The number of aromatic nitrogens is 2. The third kappa shape index (κ3) is 5.72. The minimum absolute atomic E-state index is 0.0350. The molecule has 0 bridgehead atoms. The lowest BCUT2D eigenvalue weighted by Gasteiger charge is -2.23. The molecule has 156 valence electrons. The van der Waals surface area contributed by atoms with Gasteiger partial charge in [0, 0.05) is 12.4 Å². The number of esters is 1. The second kappa shape index (κ2) is 8.53. The molecule has 2 aromatic heterocycles. The third-order valence-electron chi connectivity index (χ3n) is 3.54. The number of carboxylic acids is 1. The topological polar surface area (TPSA) is 162 Å². The van der Waals surface area contributed by atoms with E-state index in [1.807, 2.05) is 0 Å². The standard InChI is InChI=1S/C18H22N4O6S/c1-18(2,3)28-17(25)14(16(23)24)22-13-8-4-7-12(21-13)15(19)29(26,27)11-6-5-9-20-10-11/h4-10,14-15H,19H2,1-3H3,(H,21,22)(H,23,24). The molecule has 10 nitrogen and oxygen atoms in total. The molecule has 2 aromatic rings. The van der Waals surface area contributed by atoms with Gasteiger partial charge < -0.3 is 20.9 Å². The molecule has 0 aliphatic heterocycles. The fraction of sp³-hybridized carbons (Fsp3) is 0.333. The van der Waals surface area contributed by atoms with Gasteiger partial charge in [0.25, 0.3) is 0 Å². The fourth-order valence-corrected chi connectivity index (χ4v) is 3.46. The first-order valence-corrected chi connectivity index (χ1v) is 10.0. The van der Waals surface area contributed by atoms with Crippen molar-refractivity contribution in [3.63, 3.8) is 0 Å². The Morgan fingerprint density at radius 1 is 1.21 bits per heavy atom. The van der Waals surface area contributed by atoms with Gasteiger partial charge in [0.2, 0.25) is 15.9 Å². The number of hydrogen-bond donors (Lipinski definition) is 3. The number of sulfone groups is 1. The number of nitrogens with zero attached hydrogens (tertiary/aromatic N) is 2. The van der Waals surface area contributed by atoms with Crippen LogP contribution in [0.4, 0.5) is 5.82 Å². The Bertz CT molecular complexity index is 989. The summed E-state index contributed by atoms with van der Waals surface area (Å²) in [5.74, 6) is -2.53. The number of carbonyl (C=O) groups is 2. The van der Waals surface area contributed by atoms with E-state index in [1.54, 1.807) is 20.8 Å². The van der Waals surface area contributed by atoms with Crippen molar-refractivity contribution in [1.82, 2.24) is 9.97 Å². The number of carboxylic acid groups (broad SMARTS) is 1. The molecule has 0 spiro atoms. The molecule has 0 amide bonds. The Morgan fingerprint density at radius 2 is 1.90 bits per heavy atom. The van der Waals surface area contributed by atoms with Crippen LogP contribution in [0.5, 0.6) is 0 Å². The summed E-state index contributed by atoms with van der Waals surface area (Å²) < 4.78 is 30.4. The van der Waals surface area contributed by atoms with E-state index in [-0.39, 0.29) is 16.4 Å². The van der Waals surface area contributed by atoms with E-state index >= 15 is 0 Å². The zero-order valence-electron chi connectivity index (χ0n) is 16.1. The molecule has 0 radical (unpaired) electrons. The van der Waals surface area contributed by atoms with Crippen LogP contribution in [-0.2, 0) is 24.2 Å². The van der Waals surface area contributed by atoms with Gasteiger partial charge in [-0.05, 0) is 45.0 Å². The largest absolute Gasteiger partial charge is 0.479 e.